The molecule has 0 nitrogen and oxygen atoms in total. The Morgan fingerprint density at radius 1 is 1.21 bits per heavy atom. The Morgan fingerprint density at radius 3 is 2.50 bits per heavy atom. The number of fused-ring (bicyclic) bond motifs is 1. The molecule has 0 N–H and O–H groups in total. The first-order chi connectivity index (χ1) is 5.42. The van der Waals surface area contributed by atoms with E-state index in [0.717, 1.165) is 0 Å². The number of aryl methyl sites for hydroxylation is 1. The summed E-state index contributed by atoms with van der Waals surface area (Å²) in [5, 5.41) is 0. The van der Waals surface area contributed by atoms with Crippen LogP contribution in [0, 0.1) is 5.92 Å². The molecular weight excluding hydrogens is 294 g/mol. The van der Waals surface area contributed by atoms with Gasteiger partial charge >= 0.3 is 0 Å². The molecule has 0 unspecified atom stereocenters. The van der Waals surface area contributed by atoms with E-state index in [4.69, 9.17) is 0 Å². The molecule has 0 saturated carbocycles. The van der Waals surface area contributed by atoms with E-state index in [9.17, 15) is 0 Å². The summed E-state index contributed by atoms with van der Waals surface area (Å²) in [6.45, 7) is 3.80. The Morgan fingerprint density at radius 2 is 1.86 bits per heavy atom. The van der Waals surface area contributed by atoms with Crippen LogP contribution >= 0.6 is 24.8 Å². The van der Waals surface area contributed by atoms with E-state index < -0.39 is 0 Å². The Balaban J connectivity index is 0. The summed E-state index contributed by atoms with van der Waals surface area (Å²) >= 11 is 0. The molecule has 3 heteroatoms. The summed E-state index contributed by atoms with van der Waals surface area (Å²) in [5.41, 5.74) is 2.88. The van der Waals surface area contributed by atoms with Crippen LogP contribution in [0.25, 0.3) is 0 Å². The molecule has 0 aliphatic heterocycles. The van der Waals surface area contributed by atoms with Crippen molar-refractivity contribution in [3.63, 3.8) is 0 Å². The second-order valence-electron chi connectivity index (χ2n) is 2.89. The molecule has 1 aromatic carbocycles. The summed E-state index contributed by atoms with van der Waals surface area (Å²) in [6, 6.07) is 8.57. The van der Waals surface area contributed by atoms with Crippen LogP contribution in [-0.4, -0.2) is 0 Å². The van der Waals surface area contributed by atoms with Gasteiger partial charge in [-0.2, -0.15) is 6.58 Å². The molecular formula is C11H13Cl2Zr-. The van der Waals surface area contributed by atoms with Gasteiger partial charge in [0, 0.05) is 26.2 Å². The second-order valence-corrected chi connectivity index (χ2v) is 2.89. The third-order valence-corrected chi connectivity index (χ3v) is 2.27. The zero-order chi connectivity index (χ0) is 7.68. The van der Waals surface area contributed by atoms with Crippen LogP contribution in [0.1, 0.15) is 17.5 Å². The Bertz CT molecular complexity index is 286. The van der Waals surface area contributed by atoms with Crippen LogP contribution in [-0.2, 0) is 32.6 Å². The predicted molar refractivity (Wildman–Crippen MR) is 61.8 cm³/mol. The molecule has 0 bridgehead atoms. The Hall–Kier alpha value is 0.293. The molecule has 1 aromatic rings. The van der Waals surface area contributed by atoms with Crippen molar-refractivity contribution in [1.82, 2.24) is 0 Å². The van der Waals surface area contributed by atoms with Gasteiger partial charge in [-0.25, -0.2) is 0 Å². The molecule has 0 fully saturated rings. The molecule has 76 valence electrons. The minimum absolute atomic E-state index is 0. The summed E-state index contributed by atoms with van der Waals surface area (Å²) in [4.78, 5) is 0. The van der Waals surface area contributed by atoms with Gasteiger partial charge in [-0.3, -0.25) is 0 Å². The van der Waals surface area contributed by atoms with Crippen molar-refractivity contribution in [3.8, 4) is 0 Å². The van der Waals surface area contributed by atoms with Gasteiger partial charge in [0.05, 0.1) is 0 Å². The zero-order valence-electron chi connectivity index (χ0n) is 7.82. The minimum atomic E-state index is 0. The van der Waals surface area contributed by atoms with E-state index in [1.165, 1.54) is 29.9 Å². The van der Waals surface area contributed by atoms with Crippen LogP contribution in [0.2, 0.25) is 0 Å². The van der Waals surface area contributed by atoms with E-state index >= 15 is 0 Å². The van der Waals surface area contributed by atoms with E-state index in [1.54, 1.807) is 0 Å². The first kappa shape index (κ1) is 16.7. The zero-order valence-corrected chi connectivity index (χ0v) is 11.9. The van der Waals surface area contributed by atoms with E-state index in [2.05, 4.69) is 30.8 Å². The molecule has 0 spiro atoms. The van der Waals surface area contributed by atoms with Crippen molar-refractivity contribution in [2.75, 3.05) is 0 Å². The quantitative estimate of drug-likeness (QED) is 0.696. The molecule has 1 aliphatic carbocycles. The van der Waals surface area contributed by atoms with E-state index in [0.29, 0.717) is 0 Å². The molecule has 2 rings (SSSR count). The van der Waals surface area contributed by atoms with Gasteiger partial charge in [0.1, 0.15) is 0 Å². The Kier molecular flexibility index (Phi) is 9.03. The Labute approximate surface area is 117 Å². The van der Waals surface area contributed by atoms with Crippen molar-refractivity contribution >= 4 is 24.8 Å². The van der Waals surface area contributed by atoms with Crippen LogP contribution in [0.5, 0.6) is 0 Å². The van der Waals surface area contributed by atoms with E-state index in [1.807, 2.05) is 6.08 Å². The maximum Gasteiger partial charge on any atom is 0 e. The SMILES string of the molecule is C=C[C-]1CCc2ccccc21.Cl.Cl.[Zr]. The van der Waals surface area contributed by atoms with Crippen LogP contribution in [0.4, 0.5) is 0 Å². The van der Waals surface area contributed by atoms with Crippen molar-refractivity contribution < 1.29 is 26.2 Å². The molecule has 0 saturated heterocycles. The standard InChI is InChI=1S/C11H11.2ClH.Zr/c1-2-9-7-8-10-5-3-4-6-11(9)10;;;/h2-6H,1,7-8H2;2*1H;/q-1;;;. The first-order valence-corrected chi connectivity index (χ1v) is 3.98. The fraction of sp³-hybridized carbons (Fsp3) is 0.182. The molecule has 14 heavy (non-hydrogen) atoms. The summed E-state index contributed by atoms with van der Waals surface area (Å²) in [6.07, 6.45) is 4.34. The van der Waals surface area contributed by atoms with Gasteiger partial charge in [-0.15, -0.1) is 66.1 Å². The third kappa shape index (κ3) is 3.15. The smallest absolute Gasteiger partial charge is 0 e. The van der Waals surface area contributed by atoms with Crippen molar-refractivity contribution in [3.05, 3.63) is 54.0 Å². The monoisotopic (exact) mass is 305 g/mol. The third-order valence-electron chi connectivity index (χ3n) is 2.27. The average Bonchev–Trinajstić information content (AvgIpc) is 2.47. The first-order valence-electron chi connectivity index (χ1n) is 3.98. The second kappa shape index (κ2) is 7.57. The van der Waals surface area contributed by atoms with Gasteiger partial charge in [0.15, 0.2) is 0 Å². The molecule has 1 aliphatic rings. The largest absolute Gasteiger partial charge is 0.169 e. The predicted octanol–water partition coefficient (Wildman–Crippen LogP) is 3.58. The topological polar surface area (TPSA) is 0 Å². The normalized spacial score (nSPS) is 11.6. The molecule has 0 heterocycles. The average molecular weight is 307 g/mol. The molecule has 0 amide bonds. The number of halogens is 2. The molecule has 0 aromatic heterocycles. The molecule has 0 atom stereocenters. The number of benzene rings is 1. The van der Waals surface area contributed by atoms with Gasteiger partial charge < -0.3 is 0 Å². The summed E-state index contributed by atoms with van der Waals surface area (Å²) in [7, 11) is 0. The number of hydrogen-bond donors (Lipinski definition) is 0. The summed E-state index contributed by atoms with van der Waals surface area (Å²) < 4.78 is 0. The van der Waals surface area contributed by atoms with Gasteiger partial charge in [0.2, 0.25) is 0 Å². The molecule has 0 radical (unpaired) electrons. The van der Waals surface area contributed by atoms with Gasteiger partial charge in [-0.1, -0.05) is 18.9 Å². The number of allylic oxidation sites excluding steroid dienone is 1. The van der Waals surface area contributed by atoms with Crippen LogP contribution in [0.3, 0.4) is 0 Å². The number of hydrogen-bond acceptors (Lipinski definition) is 0. The van der Waals surface area contributed by atoms with E-state index in [-0.39, 0.29) is 51.0 Å². The van der Waals surface area contributed by atoms with Gasteiger partial charge in [-0.05, 0) is 0 Å². The number of rotatable bonds is 1. The maximum absolute atomic E-state index is 3.80. The summed E-state index contributed by atoms with van der Waals surface area (Å²) in [5.74, 6) is 1.40. The van der Waals surface area contributed by atoms with Crippen molar-refractivity contribution in [2.24, 2.45) is 0 Å². The maximum atomic E-state index is 3.80. The fourth-order valence-corrected chi connectivity index (χ4v) is 1.67. The van der Waals surface area contributed by atoms with Crippen molar-refractivity contribution in [1.29, 1.82) is 0 Å². The van der Waals surface area contributed by atoms with Gasteiger partial charge in [0.25, 0.3) is 0 Å². The minimum Gasteiger partial charge on any atom is -0.169 e. The van der Waals surface area contributed by atoms with Crippen LogP contribution in [0.15, 0.2) is 36.9 Å². The van der Waals surface area contributed by atoms with Crippen LogP contribution < -0.4 is 0 Å². The fourth-order valence-electron chi connectivity index (χ4n) is 1.67. The van der Waals surface area contributed by atoms with Crippen molar-refractivity contribution in [2.45, 2.75) is 12.8 Å².